The van der Waals surface area contributed by atoms with Crippen LogP contribution in [0.25, 0.3) is 5.65 Å². The summed E-state index contributed by atoms with van der Waals surface area (Å²) in [5.74, 6) is 0.805. The molecule has 0 radical (unpaired) electrons. The molecule has 3 rings (SSSR count). The second kappa shape index (κ2) is 4.87. The molecule has 5 heteroatoms. The maximum absolute atomic E-state index is 6.17. The lowest BCUT2D eigenvalue weighted by Gasteiger charge is -2.06. The summed E-state index contributed by atoms with van der Waals surface area (Å²) in [5, 5.41) is 13.4. The van der Waals surface area contributed by atoms with E-state index in [9.17, 15) is 0 Å². The van der Waals surface area contributed by atoms with Gasteiger partial charge in [-0.1, -0.05) is 35.9 Å². The minimum atomic E-state index is 0.501. The molecular formula is C15H15ClN4. The van der Waals surface area contributed by atoms with Gasteiger partial charge in [-0.05, 0) is 37.5 Å². The maximum Gasteiger partial charge on any atom is 0.181 e. The normalized spacial score (nSPS) is 11.2. The van der Waals surface area contributed by atoms with Crippen molar-refractivity contribution in [2.24, 2.45) is 0 Å². The van der Waals surface area contributed by atoms with Crippen LogP contribution in [-0.4, -0.2) is 19.8 Å². The topological polar surface area (TPSA) is 43.1 Å². The van der Waals surface area contributed by atoms with Gasteiger partial charge in [-0.2, -0.15) is 9.61 Å². The number of nitrogens with zero attached hydrogens (tertiary/aromatic N) is 4. The van der Waals surface area contributed by atoms with E-state index in [2.05, 4.69) is 34.4 Å². The van der Waals surface area contributed by atoms with Crippen LogP contribution in [-0.2, 0) is 6.42 Å². The summed E-state index contributed by atoms with van der Waals surface area (Å²) in [5.41, 5.74) is 5.20. The summed E-state index contributed by atoms with van der Waals surface area (Å²) in [4.78, 5) is 0. The number of rotatable bonds is 2. The van der Waals surface area contributed by atoms with Crippen LogP contribution >= 0.6 is 11.6 Å². The monoisotopic (exact) mass is 286 g/mol. The SMILES string of the molecule is Cc1ccccc1Cc1nnc2c(C)c(C)c(Cl)nn12. The van der Waals surface area contributed by atoms with E-state index >= 15 is 0 Å². The highest BCUT2D eigenvalue weighted by molar-refractivity contribution is 6.30. The molecule has 0 aliphatic rings. The molecule has 0 aliphatic carbocycles. The first-order valence-electron chi connectivity index (χ1n) is 6.49. The molecule has 2 aromatic heterocycles. The van der Waals surface area contributed by atoms with Crippen LogP contribution in [0.4, 0.5) is 0 Å². The van der Waals surface area contributed by atoms with Crippen LogP contribution in [0.1, 0.15) is 28.1 Å². The van der Waals surface area contributed by atoms with Crippen molar-refractivity contribution in [3.63, 3.8) is 0 Å². The fourth-order valence-corrected chi connectivity index (χ4v) is 2.44. The van der Waals surface area contributed by atoms with Gasteiger partial charge in [0, 0.05) is 12.0 Å². The minimum Gasteiger partial charge on any atom is -0.195 e. The first-order chi connectivity index (χ1) is 9.58. The molecule has 20 heavy (non-hydrogen) atoms. The Hall–Kier alpha value is -1.94. The zero-order valence-corrected chi connectivity index (χ0v) is 12.4. The third kappa shape index (κ3) is 2.06. The fraction of sp³-hybridized carbons (Fsp3) is 0.267. The molecule has 1 aromatic carbocycles. The number of halogens is 1. The van der Waals surface area contributed by atoms with Gasteiger partial charge in [0.1, 0.15) is 0 Å². The summed E-state index contributed by atoms with van der Waals surface area (Å²) >= 11 is 6.17. The van der Waals surface area contributed by atoms with Gasteiger partial charge in [-0.25, -0.2) is 0 Å². The molecule has 0 amide bonds. The van der Waals surface area contributed by atoms with Crippen molar-refractivity contribution in [3.8, 4) is 0 Å². The molecule has 0 fully saturated rings. The second-order valence-corrected chi connectivity index (χ2v) is 5.35. The van der Waals surface area contributed by atoms with E-state index in [0.717, 1.165) is 22.6 Å². The summed E-state index contributed by atoms with van der Waals surface area (Å²) in [6, 6.07) is 8.25. The average Bonchev–Trinajstić information content (AvgIpc) is 2.82. The van der Waals surface area contributed by atoms with Gasteiger partial charge >= 0.3 is 0 Å². The Morgan fingerprint density at radius 3 is 2.55 bits per heavy atom. The van der Waals surface area contributed by atoms with E-state index in [4.69, 9.17) is 11.6 Å². The predicted molar refractivity (Wildman–Crippen MR) is 79.3 cm³/mol. The zero-order valence-electron chi connectivity index (χ0n) is 11.7. The van der Waals surface area contributed by atoms with Gasteiger partial charge in [-0.3, -0.25) is 0 Å². The van der Waals surface area contributed by atoms with Crippen molar-refractivity contribution in [2.45, 2.75) is 27.2 Å². The third-order valence-corrected chi connectivity index (χ3v) is 4.07. The number of benzene rings is 1. The van der Waals surface area contributed by atoms with Crippen LogP contribution < -0.4 is 0 Å². The van der Waals surface area contributed by atoms with Crippen LogP contribution in [0.3, 0.4) is 0 Å². The number of hydrogen-bond acceptors (Lipinski definition) is 3. The molecule has 0 bridgehead atoms. The summed E-state index contributed by atoms with van der Waals surface area (Å²) in [7, 11) is 0. The first-order valence-corrected chi connectivity index (χ1v) is 6.87. The van der Waals surface area contributed by atoms with Gasteiger partial charge in [-0.15, -0.1) is 10.2 Å². The number of hydrogen-bond donors (Lipinski definition) is 0. The molecule has 0 saturated carbocycles. The Balaban J connectivity index is 2.12. The molecule has 3 aromatic rings. The maximum atomic E-state index is 6.17. The van der Waals surface area contributed by atoms with Gasteiger partial charge in [0.25, 0.3) is 0 Å². The number of fused-ring (bicyclic) bond motifs is 1. The molecule has 0 saturated heterocycles. The van der Waals surface area contributed by atoms with Crippen molar-refractivity contribution in [3.05, 3.63) is 57.5 Å². The average molecular weight is 287 g/mol. The highest BCUT2D eigenvalue weighted by Gasteiger charge is 2.14. The third-order valence-electron chi connectivity index (χ3n) is 3.71. The summed E-state index contributed by atoms with van der Waals surface area (Å²) < 4.78 is 1.75. The first kappa shape index (κ1) is 13.1. The van der Waals surface area contributed by atoms with Crippen LogP contribution in [0, 0.1) is 20.8 Å². The van der Waals surface area contributed by atoms with Crippen molar-refractivity contribution in [1.29, 1.82) is 0 Å². The van der Waals surface area contributed by atoms with Gasteiger partial charge in [0.15, 0.2) is 16.6 Å². The quantitative estimate of drug-likeness (QED) is 0.726. The molecule has 0 N–H and O–H groups in total. The minimum absolute atomic E-state index is 0.501. The van der Waals surface area contributed by atoms with E-state index in [-0.39, 0.29) is 0 Å². The van der Waals surface area contributed by atoms with E-state index in [1.165, 1.54) is 11.1 Å². The molecule has 102 valence electrons. The van der Waals surface area contributed by atoms with Crippen molar-refractivity contribution in [2.75, 3.05) is 0 Å². The van der Waals surface area contributed by atoms with Crippen LogP contribution in [0.15, 0.2) is 24.3 Å². The summed E-state index contributed by atoms with van der Waals surface area (Å²) in [6.07, 6.45) is 0.694. The summed E-state index contributed by atoms with van der Waals surface area (Å²) in [6.45, 7) is 6.03. The van der Waals surface area contributed by atoms with E-state index in [1.807, 2.05) is 26.0 Å². The van der Waals surface area contributed by atoms with Crippen molar-refractivity contribution in [1.82, 2.24) is 19.8 Å². The van der Waals surface area contributed by atoms with E-state index in [0.29, 0.717) is 11.6 Å². The van der Waals surface area contributed by atoms with Gasteiger partial charge < -0.3 is 0 Å². The molecule has 2 heterocycles. The lowest BCUT2D eigenvalue weighted by Crippen LogP contribution is -2.04. The molecule has 0 atom stereocenters. The molecular weight excluding hydrogens is 272 g/mol. The number of aromatic nitrogens is 4. The lowest BCUT2D eigenvalue weighted by atomic mass is 10.1. The molecule has 0 unspecified atom stereocenters. The fourth-order valence-electron chi connectivity index (χ4n) is 2.23. The van der Waals surface area contributed by atoms with Crippen molar-refractivity contribution < 1.29 is 0 Å². The van der Waals surface area contributed by atoms with E-state index in [1.54, 1.807) is 4.52 Å². The molecule has 0 spiro atoms. The largest absolute Gasteiger partial charge is 0.195 e. The molecule has 0 aliphatic heterocycles. The Kier molecular flexibility index (Phi) is 3.18. The smallest absolute Gasteiger partial charge is 0.181 e. The Labute approximate surface area is 122 Å². The highest BCUT2D eigenvalue weighted by atomic mass is 35.5. The lowest BCUT2D eigenvalue weighted by molar-refractivity contribution is 0.829. The van der Waals surface area contributed by atoms with Crippen molar-refractivity contribution >= 4 is 17.2 Å². The van der Waals surface area contributed by atoms with Crippen LogP contribution in [0.5, 0.6) is 0 Å². The predicted octanol–water partition coefficient (Wildman–Crippen LogP) is 3.29. The number of aryl methyl sites for hydroxylation is 2. The standard InChI is InChI=1S/C15H15ClN4/c1-9-6-4-5-7-12(9)8-13-17-18-15-11(3)10(2)14(16)19-20(13)15/h4-7H,8H2,1-3H3. The van der Waals surface area contributed by atoms with Gasteiger partial charge in [0.05, 0.1) is 0 Å². The zero-order chi connectivity index (χ0) is 14.3. The Bertz CT molecular complexity index is 792. The van der Waals surface area contributed by atoms with Crippen LogP contribution in [0.2, 0.25) is 5.15 Å². The second-order valence-electron chi connectivity index (χ2n) is 5.00. The Morgan fingerprint density at radius 1 is 1.05 bits per heavy atom. The highest BCUT2D eigenvalue weighted by Crippen LogP contribution is 2.21. The van der Waals surface area contributed by atoms with Gasteiger partial charge in [0.2, 0.25) is 0 Å². The molecule has 4 nitrogen and oxygen atoms in total. The van der Waals surface area contributed by atoms with E-state index < -0.39 is 0 Å². The Morgan fingerprint density at radius 2 is 1.80 bits per heavy atom.